The minimum Gasteiger partial charge on any atom is -0.463 e. The molecule has 8 nitrogen and oxygen atoms in total. The average molecular weight is 581 g/mol. The highest BCUT2D eigenvalue weighted by Gasteiger charge is 2.24. The van der Waals surface area contributed by atoms with Crippen molar-refractivity contribution in [3.63, 3.8) is 0 Å². The van der Waals surface area contributed by atoms with Gasteiger partial charge in [-0.3, -0.25) is 0 Å². The summed E-state index contributed by atoms with van der Waals surface area (Å²) in [4.78, 5) is 46.9. The highest BCUT2D eigenvalue weighted by molar-refractivity contribution is 5.97. The molecular formula is C33H56O8. The van der Waals surface area contributed by atoms with Gasteiger partial charge in [-0.2, -0.15) is 0 Å². The van der Waals surface area contributed by atoms with Crippen LogP contribution in [0.25, 0.3) is 0 Å². The standard InChI is InChI=1S/C18H32O4.C15H24O4/c1-4-7-8-9-10-11-12-13-14-16(18(20)22-6-3)15-17(19)21-5-2;1-3-18-14(16)11-13(15(17)19-4-2)12-9-7-5-6-8-10-12/h15H,4-14H2,1-3H3;11-12H,3-10H2,1-2H3. The van der Waals surface area contributed by atoms with E-state index in [0.717, 1.165) is 38.5 Å². The smallest absolute Gasteiger partial charge is 0.334 e. The normalized spacial score (nSPS) is 14.3. The number of ether oxygens (including phenoxy) is 4. The lowest BCUT2D eigenvalue weighted by Gasteiger charge is -2.16. The number of carbonyl (C=O) groups is 4. The molecule has 1 saturated carbocycles. The van der Waals surface area contributed by atoms with Crippen LogP contribution in [0.2, 0.25) is 0 Å². The van der Waals surface area contributed by atoms with Gasteiger partial charge in [-0.05, 0) is 59.3 Å². The van der Waals surface area contributed by atoms with Gasteiger partial charge < -0.3 is 18.9 Å². The molecule has 0 aliphatic heterocycles. The first-order valence-electron chi connectivity index (χ1n) is 15.9. The molecule has 0 aromatic rings. The highest BCUT2D eigenvalue weighted by atomic mass is 16.5. The maximum atomic E-state index is 12.0. The molecule has 0 radical (unpaired) electrons. The van der Waals surface area contributed by atoms with Crippen LogP contribution in [0, 0.1) is 5.92 Å². The van der Waals surface area contributed by atoms with Crippen LogP contribution in [0.5, 0.6) is 0 Å². The largest absolute Gasteiger partial charge is 0.463 e. The molecule has 1 rings (SSSR count). The van der Waals surface area contributed by atoms with E-state index in [1.54, 1.807) is 27.7 Å². The maximum absolute atomic E-state index is 12.0. The Balaban J connectivity index is 0.000000788. The van der Waals surface area contributed by atoms with Gasteiger partial charge in [0.25, 0.3) is 0 Å². The predicted octanol–water partition coefficient (Wildman–Crippen LogP) is 7.58. The Morgan fingerprint density at radius 1 is 0.561 bits per heavy atom. The first-order valence-corrected chi connectivity index (χ1v) is 15.9. The molecule has 0 bridgehead atoms. The van der Waals surface area contributed by atoms with Crippen LogP contribution >= 0.6 is 0 Å². The van der Waals surface area contributed by atoms with Crippen LogP contribution in [-0.2, 0) is 38.1 Å². The van der Waals surface area contributed by atoms with Gasteiger partial charge >= 0.3 is 23.9 Å². The highest BCUT2D eigenvalue weighted by Crippen LogP contribution is 2.29. The number of carbonyl (C=O) groups excluding carboxylic acids is 4. The molecule has 1 fully saturated rings. The van der Waals surface area contributed by atoms with Gasteiger partial charge in [0.1, 0.15) is 0 Å². The van der Waals surface area contributed by atoms with Crippen molar-refractivity contribution in [3.8, 4) is 0 Å². The summed E-state index contributed by atoms with van der Waals surface area (Å²) in [5, 5.41) is 0. The van der Waals surface area contributed by atoms with Gasteiger partial charge in [-0.1, -0.05) is 77.6 Å². The van der Waals surface area contributed by atoms with Crippen molar-refractivity contribution in [2.75, 3.05) is 26.4 Å². The summed E-state index contributed by atoms with van der Waals surface area (Å²) < 4.78 is 19.8. The Morgan fingerprint density at radius 2 is 1.02 bits per heavy atom. The molecule has 0 aromatic heterocycles. The molecule has 0 N–H and O–H groups in total. The van der Waals surface area contributed by atoms with E-state index >= 15 is 0 Å². The van der Waals surface area contributed by atoms with Crippen molar-refractivity contribution in [1.82, 2.24) is 0 Å². The molecule has 0 spiro atoms. The monoisotopic (exact) mass is 580 g/mol. The summed E-state index contributed by atoms with van der Waals surface area (Å²) in [7, 11) is 0. The van der Waals surface area contributed by atoms with Gasteiger partial charge in [-0.15, -0.1) is 0 Å². The molecule has 0 aromatic carbocycles. The summed E-state index contributed by atoms with van der Waals surface area (Å²) in [6, 6.07) is 0. The lowest BCUT2D eigenvalue weighted by molar-refractivity contribution is -0.141. The van der Waals surface area contributed by atoms with Crippen LogP contribution in [0.3, 0.4) is 0 Å². The molecule has 0 atom stereocenters. The molecule has 0 heterocycles. The van der Waals surface area contributed by atoms with E-state index in [2.05, 4.69) is 6.92 Å². The molecule has 236 valence electrons. The molecule has 41 heavy (non-hydrogen) atoms. The minimum atomic E-state index is -0.467. The lowest BCUT2D eigenvalue weighted by atomic mass is 9.91. The summed E-state index contributed by atoms with van der Waals surface area (Å²) in [5.74, 6) is -1.56. The Hall–Kier alpha value is -2.64. The van der Waals surface area contributed by atoms with Crippen LogP contribution in [0.1, 0.15) is 131 Å². The van der Waals surface area contributed by atoms with E-state index in [9.17, 15) is 19.2 Å². The number of hydrogen-bond acceptors (Lipinski definition) is 8. The fraction of sp³-hybridized carbons (Fsp3) is 0.758. The lowest BCUT2D eigenvalue weighted by Crippen LogP contribution is -2.18. The fourth-order valence-corrected chi connectivity index (χ4v) is 4.69. The SMILES string of the molecule is CCCCCCCCCCC(=CC(=O)OCC)C(=O)OCC.CCOC(=O)C=C(C(=O)OCC)C1CCCCCC1. The van der Waals surface area contributed by atoms with Crippen molar-refractivity contribution in [1.29, 1.82) is 0 Å². The molecule has 0 unspecified atom stereocenters. The van der Waals surface area contributed by atoms with Crippen LogP contribution < -0.4 is 0 Å². The van der Waals surface area contributed by atoms with Crippen molar-refractivity contribution < 1.29 is 38.1 Å². The molecular weight excluding hydrogens is 524 g/mol. The van der Waals surface area contributed by atoms with Gasteiger partial charge in [0, 0.05) is 23.3 Å². The number of hydrogen-bond donors (Lipinski definition) is 0. The first-order chi connectivity index (χ1) is 19.8. The first kappa shape index (κ1) is 38.4. The van der Waals surface area contributed by atoms with Crippen molar-refractivity contribution in [2.45, 2.75) is 131 Å². The average Bonchev–Trinajstić information content (AvgIpc) is 3.23. The third-order valence-electron chi connectivity index (χ3n) is 6.78. The van der Waals surface area contributed by atoms with E-state index in [4.69, 9.17) is 18.9 Å². The summed E-state index contributed by atoms with van der Waals surface area (Å²) in [5.41, 5.74) is 0.911. The second-order valence-electron chi connectivity index (χ2n) is 10.1. The molecule has 1 aliphatic rings. The second-order valence-corrected chi connectivity index (χ2v) is 10.1. The van der Waals surface area contributed by atoms with Crippen LogP contribution in [0.4, 0.5) is 0 Å². The van der Waals surface area contributed by atoms with Gasteiger partial charge in [0.2, 0.25) is 0 Å². The summed E-state index contributed by atoms with van der Waals surface area (Å²) in [6.07, 6.45) is 19.3. The molecule has 8 heteroatoms. The predicted molar refractivity (Wildman–Crippen MR) is 161 cm³/mol. The van der Waals surface area contributed by atoms with Gasteiger partial charge in [-0.25, -0.2) is 19.2 Å². The molecule has 1 aliphatic carbocycles. The number of rotatable bonds is 18. The third-order valence-corrected chi connectivity index (χ3v) is 6.78. The maximum Gasteiger partial charge on any atom is 0.334 e. The van der Waals surface area contributed by atoms with Crippen LogP contribution in [-0.4, -0.2) is 50.3 Å². The third kappa shape index (κ3) is 20.0. The second kappa shape index (κ2) is 26.3. The Morgan fingerprint density at radius 3 is 1.54 bits per heavy atom. The summed E-state index contributed by atoms with van der Waals surface area (Å²) in [6.45, 7) is 10.5. The summed E-state index contributed by atoms with van der Waals surface area (Å²) >= 11 is 0. The van der Waals surface area contributed by atoms with E-state index in [1.807, 2.05) is 0 Å². The van der Waals surface area contributed by atoms with E-state index in [1.165, 1.54) is 63.5 Å². The number of esters is 4. The fourth-order valence-electron chi connectivity index (χ4n) is 4.69. The van der Waals surface area contributed by atoms with Crippen LogP contribution in [0.15, 0.2) is 23.3 Å². The quantitative estimate of drug-likeness (QED) is 0.0537. The van der Waals surface area contributed by atoms with Gasteiger partial charge in [0.05, 0.1) is 26.4 Å². The Kier molecular flexibility index (Phi) is 24.6. The molecule has 0 amide bonds. The zero-order chi connectivity index (χ0) is 30.7. The van der Waals surface area contributed by atoms with E-state index in [0.29, 0.717) is 44.0 Å². The van der Waals surface area contributed by atoms with E-state index in [-0.39, 0.29) is 11.9 Å². The minimum absolute atomic E-state index is 0.131. The van der Waals surface area contributed by atoms with E-state index < -0.39 is 17.9 Å². The zero-order valence-corrected chi connectivity index (χ0v) is 26.4. The Labute approximate surface area is 248 Å². The van der Waals surface area contributed by atoms with Crippen molar-refractivity contribution in [2.24, 2.45) is 5.92 Å². The zero-order valence-electron chi connectivity index (χ0n) is 26.4. The van der Waals surface area contributed by atoms with Crippen molar-refractivity contribution in [3.05, 3.63) is 23.3 Å². The number of unbranched alkanes of at least 4 members (excludes halogenated alkanes) is 7. The van der Waals surface area contributed by atoms with Gasteiger partial charge in [0.15, 0.2) is 0 Å². The topological polar surface area (TPSA) is 105 Å². The Bertz CT molecular complexity index is 791. The van der Waals surface area contributed by atoms with Crippen molar-refractivity contribution >= 4 is 23.9 Å². The molecule has 0 saturated heterocycles.